The molecule has 0 bridgehead atoms. The van der Waals surface area contributed by atoms with Crippen molar-refractivity contribution < 1.29 is 14.0 Å². The van der Waals surface area contributed by atoms with Crippen LogP contribution in [-0.2, 0) is 4.79 Å². The van der Waals surface area contributed by atoms with Gasteiger partial charge in [-0.1, -0.05) is 12.1 Å². The number of fused-ring (bicyclic) bond motifs is 1. The Morgan fingerprint density at radius 2 is 1.79 bits per heavy atom. The summed E-state index contributed by atoms with van der Waals surface area (Å²) in [5.74, 6) is -0.817. The fraction of sp³-hybridized carbons (Fsp3) is 0.167. The first-order valence-corrected chi connectivity index (χ1v) is 11.3. The van der Waals surface area contributed by atoms with Gasteiger partial charge in [0.2, 0.25) is 5.91 Å². The van der Waals surface area contributed by atoms with Crippen LogP contribution in [0, 0.1) is 5.82 Å². The molecule has 0 spiro atoms. The molecule has 0 saturated heterocycles. The summed E-state index contributed by atoms with van der Waals surface area (Å²) in [5.41, 5.74) is 2.28. The third kappa shape index (κ3) is 5.38. The highest BCUT2D eigenvalue weighted by Crippen LogP contribution is 2.25. The van der Waals surface area contributed by atoms with Gasteiger partial charge in [-0.25, -0.2) is 14.1 Å². The van der Waals surface area contributed by atoms with Gasteiger partial charge in [0.25, 0.3) is 5.91 Å². The smallest absolute Gasteiger partial charge is 0.256 e. The standard InChI is InChI=1S/C24H22FN5O2S/c1-15(2)30-23-16(12-27-30)11-19(13-26-23)29-24(32)20-5-3-4-6-21(20)33-14-22(31)28-18-9-7-17(25)8-10-18/h3-13,15H,14H2,1-2H3,(H,28,31)(H,29,32). The van der Waals surface area contributed by atoms with Crippen molar-refractivity contribution >= 4 is 46.0 Å². The predicted molar refractivity (Wildman–Crippen MR) is 128 cm³/mol. The summed E-state index contributed by atoms with van der Waals surface area (Å²) in [6, 6.07) is 14.6. The lowest BCUT2D eigenvalue weighted by atomic mass is 10.2. The molecule has 2 aromatic heterocycles. The quantitative estimate of drug-likeness (QED) is 0.371. The number of hydrogen-bond donors (Lipinski definition) is 2. The second-order valence-electron chi connectivity index (χ2n) is 7.61. The number of carbonyl (C=O) groups excluding carboxylic acids is 2. The van der Waals surface area contributed by atoms with Gasteiger partial charge >= 0.3 is 0 Å². The third-order valence-corrected chi connectivity index (χ3v) is 5.87. The molecule has 0 unspecified atom stereocenters. The van der Waals surface area contributed by atoms with Crippen molar-refractivity contribution in [3.05, 3.63) is 78.4 Å². The Labute approximate surface area is 194 Å². The highest BCUT2D eigenvalue weighted by Gasteiger charge is 2.15. The maximum absolute atomic E-state index is 13.0. The number of anilines is 2. The number of rotatable bonds is 7. The molecule has 2 aromatic carbocycles. The molecule has 4 aromatic rings. The first-order valence-electron chi connectivity index (χ1n) is 10.3. The number of halogens is 1. The van der Waals surface area contributed by atoms with Crippen molar-refractivity contribution in [2.75, 3.05) is 16.4 Å². The fourth-order valence-electron chi connectivity index (χ4n) is 3.24. The summed E-state index contributed by atoms with van der Waals surface area (Å²) in [7, 11) is 0. The van der Waals surface area contributed by atoms with Crippen molar-refractivity contribution in [2.45, 2.75) is 24.8 Å². The average molecular weight is 464 g/mol. The lowest BCUT2D eigenvalue weighted by Crippen LogP contribution is -2.16. The first-order chi connectivity index (χ1) is 15.9. The number of pyridine rings is 1. The Morgan fingerprint density at radius 3 is 2.55 bits per heavy atom. The fourth-order valence-corrected chi connectivity index (χ4v) is 4.09. The highest BCUT2D eigenvalue weighted by molar-refractivity contribution is 8.00. The minimum absolute atomic E-state index is 0.101. The molecular formula is C24H22FN5O2S. The van der Waals surface area contributed by atoms with Crippen LogP contribution in [-0.4, -0.2) is 32.3 Å². The Hall–Kier alpha value is -3.72. The molecule has 33 heavy (non-hydrogen) atoms. The van der Waals surface area contributed by atoms with E-state index in [2.05, 4.69) is 20.7 Å². The van der Waals surface area contributed by atoms with Crippen LogP contribution in [0.3, 0.4) is 0 Å². The van der Waals surface area contributed by atoms with E-state index >= 15 is 0 Å². The summed E-state index contributed by atoms with van der Waals surface area (Å²) < 4.78 is 14.8. The van der Waals surface area contributed by atoms with Crippen LogP contribution in [0.25, 0.3) is 11.0 Å². The van der Waals surface area contributed by atoms with E-state index in [1.54, 1.807) is 30.6 Å². The van der Waals surface area contributed by atoms with Gasteiger partial charge < -0.3 is 10.6 Å². The van der Waals surface area contributed by atoms with E-state index in [0.29, 0.717) is 21.8 Å². The van der Waals surface area contributed by atoms with Gasteiger partial charge in [0.05, 0.1) is 29.4 Å². The number of carbonyl (C=O) groups is 2. The molecule has 2 N–H and O–H groups in total. The summed E-state index contributed by atoms with van der Waals surface area (Å²) in [4.78, 5) is 30.3. The molecule has 2 heterocycles. The van der Waals surface area contributed by atoms with Crippen molar-refractivity contribution in [2.24, 2.45) is 0 Å². The van der Waals surface area contributed by atoms with Gasteiger partial charge in [-0.05, 0) is 56.3 Å². The van der Waals surface area contributed by atoms with E-state index in [1.807, 2.05) is 30.7 Å². The Balaban J connectivity index is 1.43. The summed E-state index contributed by atoms with van der Waals surface area (Å²) in [6.07, 6.45) is 3.33. The largest absolute Gasteiger partial charge is 0.325 e. The van der Waals surface area contributed by atoms with Crippen LogP contribution >= 0.6 is 11.8 Å². The van der Waals surface area contributed by atoms with Crippen molar-refractivity contribution in [1.29, 1.82) is 0 Å². The van der Waals surface area contributed by atoms with E-state index in [9.17, 15) is 14.0 Å². The van der Waals surface area contributed by atoms with E-state index in [1.165, 1.54) is 36.0 Å². The molecule has 9 heteroatoms. The summed E-state index contributed by atoms with van der Waals surface area (Å²) >= 11 is 1.25. The van der Waals surface area contributed by atoms with Gasteiger partial charge in [-0.3, -0.25) is 9.59 Å². The molecule has 0 aliphatic rings. The van der Waals surface area contributed by atoms with Crippen molar-refractivity contribution in [3.63, 3.8) is 0 Å². The van der Waals surface area contributed by atoms with E-state index in [-0.39, 0.29) is 29.4 Å². The van der Waals surface area contributed by atoms with Crippen LogP contribution in [0.4, 0.5) is 15.8 Å². The Bertz CT molecular complexity index is 1300. The normalized spacial score (nSPS) is 11.0. The van der Waals surface area contributed by atoms with E-state index in [0.717, 1.165) is 11.0 Å². The van der Waals surface area contributed by atoms with Crippen LogP contribution in [0.1, 0.15) is 30.2 Å². The lowest BCUT2D eigenvalue weighted by Gasteiger charge is -2.11. The van der Waals surface area contributed by atoms with Gasteiger partial charge in [0.15, 0.2) is 5.65 Å². The highest BCUT2D eigenvalue weighted by atomic mass is 32.2. The number of aromatic nitrogens is 3. The number of hydrogen-bond acceptors (Lipinski definition) is 5. The molecule has 168 valence electrons. The van der Waals surface area contributed by atoms with Crippen molar-refractivity contribution in [1.82, 2.24) is 14.8 Å². The van der Waals surface area contributed by atoms with Gasteiger partial charge in [0, 0.05) is 22.0 Å². The number of nitrogens with one attached hydrogen (secondary N) is 2. The van der Waals surface area contributed by atoms with E-state index < -0.39 is 0 Å². The molecule has 0 aliphatic heterocycles. The molecule has 0 radical (unpaired) electrons. The van der Waals surface area contributed by atoms with Crippen LogP contribution in [0.15, 0.2) is 71.9 Å². The van der Waals surface area contributed by atoms with E-state index in [4.69, 9.17) is 0 Å². The second kappa shape index (κ2) is 9.83. The zero-order valence-electron chi connectivity index (χ0n) is 18.1. The number of amides is 2. The van der Waals surface area contributed by atoms with Crippen molar-refractivity contribution in [3.8, 4) is 0 Å². The zero-order chi connectivity index (χ0) is 23.4. The molecule has 4 rings (SSSR count). The molecule has 0 fully saturated rings. The molecular weight excluding hydrogens is 441 g/mol. The predicted octanol–water partition coefficient (Wildman–Crippen LogP) is 5.13. The zero-order valence-corrected chi connectivity index (χ0v) is 18.9. The molecule has 7 nitrogen and oxygen atoms in total. The van der Waals surface area contributed by atoms with Gasteiger partial charge in [-0.15, -0.1) is 11.8 Å². The average Bonchev–Trinajstić information content (AvgIpc) is 3.23. The van der Waals surface area contributed by atoms with Gasteiger partial charge in [0.1, 0.15) is 5.82 Å². The third-order valence-electron chi connectivity index (χ3n) is 4.80. The number of nitrogens with zero attached hydrogens (tertiary/aromatic N) is 3. The topological polar surface area (TPSA) is 88.9 Å². The summed E-state index contributed by atoms with van der Waals surface area (Å²) in [6.45, 7) is 4.05. The van der Waals surface area contributed by atoms with Gasteiger partial charge in [-0.2, -0.15) is 5.10 Å². The maximum atomic E-state index is 13.0. The molecule has 0 atom stereocenters. The number of thioether (sulfide) groups is 1. The first kappa shape index (κ1) is 22.5. The Kier molecular flexibility index (Phi) is 6.69. The summed E-state index contributed by atoms with van der Waals surface area (Å²) in [5, 5.41) is 10.8. The minimum Gasteiger partial charge on any atom is -0.325 e. The van der Waals surface area contributed by atoms with Crippen LogP contribution in [0.5, 0.6) is 0 Å². The minimum atomic E-state index is -0.370. The molecule has 0 saturated carbocycles. The van der Waals surface area contributed by atoms with Crippen LogP contribution in [0.2, 0.25) is 0 Å². The number of benzene rings is 2. The second-order valence-corrected chi connectivity index (χ2v) is 8.63. The maximum Gasteiger partial charge on any atom is 0.256 e. The Morgan fingerprint density at radius 1 is 1.03 bits per heavy atom. The lowest BCUT2D eigenvalue weighted by molar-refractivity contribution is -0.113. The molecule has 2 amide bonds. The van der Waals surface area contributed by atoms with Crippen LogP contribution < -0.4 is 10.6 Å². The molecule has 0 aliphatic carbocycles. The SMILES string of the molecule is CC(C)n1ncc2cc(NC(=O)c3ccccc3SCC(=O)Nc3ccc(F)cc3)cnc21. The monoisotopic (exact) mass is 463 g/mol.